The van der Waals surface area contributed by atoms with Crippen LogP contribution < -0.4 is 5.32 Å². The molecule has 2 aliphatic rings. The van der Waals surface area contributed by atoms with Crippen molar-refractivity contribution in [1.29, 1.82) is 5.26 Å². The van der Waals surface area contributed by atoms with Gasteiger partial charge in [0, 0.05) is 16.5 Å². The van der Waals surface area contributed by atoms with Crippen molar-refractivity contribution in [2.24, 2.45) is 0 Å². The van der Waals surface area contributed by atoms with Crippen molar-refractivity contribution >= 4 is 17.0 Å². The molecule has 1 aromatic heterocycles. The van der Waals surface area contributed by atoms with Gasteiger partial charge in [-0.15, -0.1) is 11.3 Å². The van der Waals surface area contributed by atoms with E-state index < -0.39 is 5.60 Å². The van der Waals surface area contributed by atoms with Crippen LogP contribution in [0.3, 0.4) is 0 Å². The Morgan fingerprint density at radius 3 is 2.68 bits per heavy atom. The van der Waals surface area contributed by atoms with Crippen LogP contribution in [0.25, 0.3) is 11.1 Å². The third kappa shape index (κ3) is 2.00. The number of benzene rings is 1. The van der Waals surface area contributed by atoms with Gasteiger partial charge in [-0.25, -0.2) is 0 Å². The Kier molecular flexibility index (Phi) is 3.39. The highest BCUT2D eigenvalue weighted by atomic mass is 32.1. The Morgan fingerprint density at radius 1 is 1.24 bits per heavy atom. The molecule has 1 fully saturated rings. The van der Waals surface area contributed by atoms with Crippen LogP contribution in [0.2, 0.25) is 0 Å². The third-order valence-electron chi connectivity index (χ3n) is 6.68. The van der Waals surface area contributed by atoms with E-state index in [-0.39, 0.29) is 11.0 Å². The molecule has 2 aromatic rings. The second-order valence-electron chi connectivity index (χ2n) is 8.27. The summed E-state index contributed by atoms with van der Waals surface area (Å²) in [4.78, 5) is 0.774. The van der Waals surface area contributed by atoms with Gasteiger partial charge in [0.2, 0.25) is 0 Å². The number of nitrogens with one attached hydrogen (secondary N) is 1. The first kappa shape index (κ1) is 16.6. The molecule has 0 saturated heterocycles. The van der Waals surface area contributed by atoms with Crippen molar-refractivity contribution in [3.63, 3.8) is 0 Å². The number of anilines is 1. The van der Waals surface area contributed by atoms with E-state index in [1.165, 1.54) is 16.9 Å². The molecule has 1 aliphatic carbocycles. The van der Waals surface area contributed by atoms with Gasteiger partial charge in [-0.1, -0.05) is 13.0 Å². The molecule has 1 aromatic carbocycles. The van der Waals surface area contributed by atoms with Gasteiger partial charge >= 0.3 is 0 Å². The van der Waals surface area contributed by atoms with Crippen LogP contribution in [0.5, 0.6) is 0 Å². The predicted octanol–water partition coefficient (Wildman–Crippen LogP) is 4.97. The number of aliphatic hydroxyl groups is 1. The molecule has 2 N–H and O–H groups in total. The highest BCUT2D eigenvalue weighted by molar-refractivity contribution is 7.11. The van der Waals surface area contributed by atoms with Crippen molar-refractivity contribution in [1.82, 2.24) is 0 Å². The molecule has 3 nitrogen and oxygen atoms in total. The van der Waals surface area contributed by atoms with Gasteiger partial charge in [-0.2, -0.15) is 5.26 Å². The van der Waals surface area contributed by atoms with E-state index >= 15 is 0 Å². The molecule has 1 saturated carbocycles. The van der Waals surface area contributed by atoms with Crippen LogP contribution in [-0.2, 0) is 5.41 Å². The predicted molar refractivity (Wildman–Crippen MR) is 103 cm³/mol. The summed E-state index contributed by atoms with van der Waals surface area (Å²) in [6.45, 7) is 8.44. The monoisotopic (exact) mass is 352 g/mol. The molecule has 0 spiro atoms. The Balaban J connectivity index is 1.91. The second kappa shape index (κ2) is 5.09. The van der Waals surface area contributed by atoms with Gasteiger partial charge < -0.3 is 10.4 Å². The number of hydrogen-bond acceptors (Lipinski definition) is 4. The maximum absolute atomic E-state index is 11.6. The molecular weight excluding hydrogens is 328 g/mol. The minimum Gasteiger partial charge on any atom is -0.387 e. The molecule has 0 amide bonds. The number of nitrogens with zero attached hydrogens (tertiary/aromatic N) is 1. The zero-order chi connectivity index (χ0) is 18.0. The van der Waals surface area contributed by atoms with Crippen LogP contribution >= 0.6 is 11.3 Å². The van der Waals surface area contributed by atoms with E-state index in [0.29, 0.717) is 0 Å². The van der Waals surface area contributed by atoms with Crippen LogP contribution in [0, 0.1) is 18.3 Å². The Morgan fingerprint density at radius 2 is 2.00 bits per heavy atom. The first-order valence-corrected chi connectivity index (χ1v) is 9.75. The molecule has 2 unspecified atom stereocenters. The SMILES string of the molecule is Cc1c(-c2ccc3c(c2)C2(C)CCCC2(O)C(C)(C)N3)csc1C#N. The number of thiophene rings is 1. The summed E-state index contributed by atoms with van der Waals surface area (Å²) in [7, 11) is 0. The summed E-state index contributed by atoms with van der Waals surface area (Å²) in [5.74, 6) is 0. The van der Waals surface area contributed by atoms with Gasteiger partial charge in [0.25, 0.3) is 0 Å². The van der Waals surface area contributed by atoms with E-state index in [2.05, 4.69) is 55.7 Å². The lowest BCUT2D eigenvalue weighted by atomic mass is 9.60. The largest absolute Gasteiger partial charge is 0.387 e. The highest BCUT2D eigenvalue weighted by Gasteiger charge is 2.62. The lowest BCUT2D eigenvalue weighted by Gasteiger charge is -2.55. The average Bonchev–Trinajstić information content (AvgIpc) is 3.09. The zero-order valence-corrected chi connectivity index (χ0v) is 16.0. The lowest BCUT2D eigenvalue weighted by Crippen LogP contribution is -2.65. The van der Waals surface area contributed by atoms with Crippen LogP contribution in [0.15, 0.2) is 23.6 Å². The van der Waals surface area contributed by atoms with Gasteiger partial charge in [-0.05, 0) is 74.4 Å². The molecule has 2 atom stereocenters. The maximum Gasteiger partial charge on any atom is 0.110 e. The number of hydrogen-bond donors (Lipinski definition) is 2. The van der Waals surface area contributed by atoms with Crippen LogP contribution in [-0.4, -0.2) is 16.2 Å². The fourth-order valence-electron chi connectivity index (χ4n) is 5.07. The van der Waals surface area contributed by atoms with E-state index in [4.69, 9.17) is 0 Å². The number of nitriles is 1. The second-order valence-corrected chi connectivity index (χ2v) is 9.15. The van der Waals surface area contributed by atoms with Crippen molar-refractivity contribution in [2.75, 3.05) is 5.32 Å². The van der Waals surface area contributed by atoms with Gasteiger partial charge in [0.05, 0.1) is 11.1 Å². The summed E-state index contributed by atoms with van der Waals surface area (Å²) in [6, 6.07) is 8.76. The molecule has 130 valence electrons. The van der Waals surface area contributed by atoms with Crippen molar-refractivity contribution in [2.45, 2.75) is 63.5 Å². The molecule has 0 radical (unpaired) electrons. The third-order valence-corrected chi connectivity index (χ3v) is 7.66. The van der Waals surface area contributed by atoms with Gasteiger partial charge in [-0.3, -0.25) is 0 Å². The van der Waals surface area contributed by atoms with Crippen molar-refractivity contribution < 1.29 is 5.11 Å². The molecule has 4 heteroatoms. The standard InChI is InChI=1S/C21H24N2OS/c1-13-15(12-25-18(13)11-22)14-6-7-17-16(10-14)20(4)8-5-9-21(20,24)19(2,3)23-17/h6-7,10,12,23-24H,5,8-9H2,1-4H3. The lowest BCUT2D eigenvalue weighted by molar-refractivity contribution is -0.0628. The smallest absolute Gasteiger partial charge is 0.110 e. The highest BCUT2D eigenvalue weighted by Crippen LogP contribution is 2.58. The summed E-state index contributed by atoms with van der Waals surface area (Å²) in [6.07, 6.45) is 2.86. The summed E-state index contributed by atoms with van der Waals surface area (Å²) < 4.78 is 0. The van der Waals surface area contributed by atoms with Crippen molar-refractivity contribution in [3.8, 4) is 17.2 Å². The van der Waals surface area contributed by atoms with Gasteiger partial charge in [0.1, 0.15) is 10.9 Å². The molecule has 1 aliphatic heterocycles. The Bertz CT molecular complexity index is 907. The fraction of sp³-hybridized carbons (Fsp3) is 0.476. The van der Waals surface area contributed by atoms with E-state index in [0.717, 1.165) is 46.5 Å². The Hall–Kier alpha value is -1.83. The first-order chi connectivity index (χ1) is 11.7. The molecular formula is C21H24N2OS. The van der Waals surface area contributed by atoms with E-state index in [9.17, 15) is 10.4 Å². The topological polar surface area (TPSA) is 56.0 Å². The van der Waals surface area contributed by atoms with E-state index in [1.54, 1.807) is 0 Å². The maximum atomic E-state index is 11.6. The Labute approximate surface area is 153 Å². The quantitative estimate of drug-likeness (QED) is 0.761. The minimum atomic E-state index is -0.757. The van der Waals surface area contributed by atoms with Gasteiger partial charge in [0.15, 0.2) is 0 Å². The van der Waals surface area contributed by atoms with Crippen LogP contribution in [0.4, 0.5) is 5.69 Å². The van der Waals surface area contributed by atoms with Crippen LogP contribution in [0.1, 0.15) is 56.0 Å². The van der Waals surface area contributed by atoms with Crippen molar-refractivity contribution in [3.05, 3.63) is 39.6 Å². The summed E-state index contributed by atoms with van der Waals surface area (Å²) in [5.41, 5.74) is 4.25. The van der Waals surface area contributed by atoms with E-state index in [1.807, 2.05) is 6.92 Å². The first-order valence-electron chi connectivity index (χ1n) is 8.87. The normalized spacial score (nSPS) is 29.4. The zero-order valence-electron chi connectivity index (χ0n) is 15.2. The molecule has 2 heterocycles. The summed E-state index contributed by atoms with van der Waals surface area (Å²) in [5, 5.41) is 26.5. The molecule has 0 bridgehead atoms. The number of fused-ring (bicyclic) bond motifs is 3. The molecule has 4 rings (SSSR count). The fourth-order valence-corrected chi connectivity index (χ4v) is 5.96. The average molecular weight is 353 g/mol. The summed E-state index contributed by atoms with van der Waals surface area (Å²) >= 11 is 1.50. The molecule has 25 heavy (non-hydrogen) atoms. The minimum absolute atomic E-state index is 0.255. The number of rotatable bonds is 1.